The van der Waals surface area contributed by atoms with E-state index in [4.69, 9.17) is 4.99 Å². The fourth-order valence-electron chi connectivity index (χ4n) is 3.41. The smallest absolute Gasteiger partial charge is 0.167 e. The van der Waals surface area contributed by atoms with Gasteiger partial charge in [-0.15, -0.1) is 0 Å². The number of fused-ring (bicyclic) bond motifs is 2. The number of carbonyl (C=O) groups is 1. The van der Waals surface area contributed by atoms with Crippen LogP contribution in [0.3, 0.4) is 0 Å². The van der Waals surface area contributed by atoms with Crippen molar-refractivity contribution in [2.75, 3.05) is 0 Å². The molecule has 1 aliphatic rings. The second kappa shape index (κ2) is 8.15. The molecule has 0 amide bonds. The molecular weight excluding hydrogens is 362 g/mol. The number of carbonyl (C=O) groups excluding carboxylic acids is 1. The normalized spacial score (nSPS) is 12.8. The molecule has 1 aliphatic heterocycles. The first-order valence-electron chi connectivity index (χ1n) is 9.66. The van der Waals surface area contributed by atoms with Crippen LogP contribution in [-0.2, 0) is 6.42 Å². The van der Waals surface area contributed by atoms with Crippen molar-refractivity contribution in [3.63, 3.8) is 0 Å². The Kier molecular flexibility index (Phi) is 5.45. The zero-order chi connectivity index (χ0) is 19.5. The summed E-state index contributed by atoms with van der Waals surface area (Å²) in [5.41, 5.74) is 4.96. The lowest BCUT2D eigenvalue weighted by Crippen LogP contribution is -2.06. The van der Waals surface area contributed by atoms with Crippen LogP contribution in [0.25, 0.3) is 0 Å². The molecule has 0 aromatic heterocycles. The Morgan fingerprint density at radius 3 is 2.46 bits per heavy atom. The molecule has 0 atom stereocenters. The minimum Gasteiger partial charge on any atom is -0.294 e. The van der Waals surface area contributed by atoms with E-state index in [0.717, 1.165) is 33.8 Å². The summed E-state index contributed by atoms with van der Waals surface area (Å²) in [6.07, 6.45) is 1.33. The SMILES string of the molecule is CC(C)CC1=Nc2cc(C(=O)Cc3ccccc3)ccc2Sc2ccccc21. The topological polar surface area (TPSA) is 29.4 Å². The summed E-state index contributed by atoms with van der Waals surface area (Å²) >= 11 is 1.73. The van der Waals surface area contributed by atoms with Gasteiger partial charge in [0.15, 0.2) is 5.78 Å². The average molecular weight is 386 g/mol. The number of ketones is 1. The predicted molar refractivity (Wildman–Crippen MR) is 117 cm³/mol. The number of hydrogen-bond donors (Lipinski definition) is 0. The van der Waals surface area contributed by atoms with Crippen LogP contribution in [0.15, 0.2) is 87.6 Å². The van der Waals surface area contributed by atoms with E-state index in [1.807, 2.05) is 48.5 Å². The first-order chi connectivity index (χ1) is 13.6. The van der Waals surface area contributed by atoms with E-state index in [2.05, 4.69) is 38.1 Å². The lowest BCUT2D eigenvalue weighted by molar-refractivity contribution is 0.0993. The molecule has 0 bridgehead atoms. The van der Waals surface area contributed by atoms with Gasteiger partial charge in [-0.3, -0.25) is 9.79 Å². The van der Waals surface area contributed by atoms with Crippen LogP contribution in [0, 0.1) is 5.92 Å². The van der Waals surface area contributed by atoms with Crippen LogP contribution in [0.1, 0.15) is 41.8 Å². The van der Waals surface area contributed by atoms with Crippen molar-refractivity contribution in [1.82, 2.24) is 0 Å². The van der Waals surface area contributed by atoms with Crippen molar-refractivity contribution >= 4 is 28.9 Å². The molecule has 3 aromatic carbocycles. The zero-order valence-corrected chi connectivity index (χ0v) is 17.0. The third-order valence-corrected chi connectivity index (χ3v) is 5.90. The summed E-state index contributed by atoms with van der Waals surface area (Å²) < 4.78 is 0. The zero-order valence-electron chi connectivity index (χ0n) is 16.2. The molecule has 0 fully saturated rings. The molecule has 2 nitrogen and oxygen atoms in total. The van der Waals surface area contributed by atoms with Crippen LogP contribution in [0.5, 0.6) is 0 Å². The van der Waals surface area contributed by atoms with Crippen LogP contribution in [-0.4, -0.2) is 11.5 Å². The molecule has 140 valence electrons. The highest BCUT2D eigenvalue weighted by molar-refractivity contribution is 7.99. The number of aliphatic imine (C=N–C) groups is 1. The maximum absolute atomic E-state index is 12.8. The van der Waals surface area contributed by atoms with Gasteiger partial charge >= 0.3 is 0 Å². The Morgan fingerprint density at radius 2 is 1.68 bits per heavy atom. The molecule has 0 aliphatic carbocycles. The van der Waals surface area contributed by atoms with E-state index < -0.39 is 0 Å². The van der Waals surface area contributed by atoms with E-state index in [1.165, 1.54) is 10.5 Å². The monoisotopic (exact) mass is 385 g/mol. The quantitative estimate of drug-likeness (QED) is 0.455. The predicted octanol–water partition coefficient (Wildman–Crippen LogP) is 6.74. The second-order valence-corrected chi connectivity index (χ2v) is 8.61. The summed E-state index contributed by atoms with van der Waals surface area (Å²) in [5, 5.41) is 0. The standard InChI is InChI=1S/C25H23NOS/c1-17(2)14-21-20-10-6-7-11-24(20)28-25-13-12-19(16-22(25)26-21)23(27)15-18-8-4-3-5-9-18/h3-13,16-17H,14-15H2,1-2H3. The van der Waals surface area contributed by atoms with E-state index in [0.29, 0.717) is 12.3 Å². The lowest BCUT2D eigenvalue weighted by atomic mass is 9.99. The first-order valence-corrected chi connectivity index (χ1v) is 10.5. The Hall–Kier alpha value is -2.65. The largest absolute Gasteiger partial charge is 0.294 e. The molecule has 28 heavy (non-hydrogen) atoms. The maximum Gasteiger partial charge on any atom is 0.167 e. The third-order valence-electron chi connectivity index (χ3n) is 4.76. The highest BCUT2D eigenvalue weighted by Gasteiger charge is 2.19. The molecule has 0 radical (unpaired) electrons. The van der Waals surface area contributed by atoms with Crippen LogP contribution >= 0.6 is 11.8 Å². The summed E-state index contributed by atoms with van der Waals surface area (Å²) in [4.78, 5) is 20.1. The van der Waals surface area contributed by atoms with E-state index in [9.17, 15) is 4.79 Å². The number of rotatable bonds is 5. The molecule has 4 rings (SSSR count). The van der Waals surface area contributed by atoms with Gasteiger partial charge in [0, 0.05) is 33.1 Å². The summed E-state index contributed by atoms with van der Waals surface area (Å²) in [6, 6.07) is 24.3. The van der Waals surface area contributed by atoms with Gasteiger partial charge in [-0.2, -0.15) is 0 Å². The van der Waals surface area contributed by atoms with Gasteiger partial charge in [-0.05, 0) is 36.1 Å². The van der Waals surface area contributed by atoms with Crippen molar-refractivity contribution in [1.29, 1.82) is 0 Å². The molecule has 3 heteroatoms. The Labute approximate surface area is 170 Å². The van der Waals surface area contributed by atoms with Crippen molar-refractivity contribution in [2.24, 2.45) is 10.9 Å². The first kappa shape index (κ1) is 18.7. The number of nitrogens with zero attached hydrogens (tertiary/aromatic N) is 1. The molecule has 1 heterocycles. The number of benzene rings is 3. The fraction of sp³-hybridized carbons (Fsp3) is 0.200. The van der Waals surface area contributed by atoms with Crippen LogP contribution in [0.4, 0.5) is 5.69 Å². The van der Waals surface area contributed by atoms with Gasteiger partial charge in [-0.25, -0.2) is 0 Å². The minimum absolute atomic E-state index is 0.126. The van der Waals surface area contributed by atoms with Gasteiger partial charge in [0.25, 0.3) is 0 Å². The number of Topliss-reactive ketones (excluding diaryl/α,β-unsaturated/α-hetero) is 1. The molecular formula is C25H23NOS. The minimum atomic E-state index is 0.126. The van der Waals surface area contributed by atoms with E-state index in [1.54, 1.807) is 11.8 Å². The molecule has 0 saturated heterocycles. The van der Waals surface area contributed by atoms with Gasteiger partial charge < -0.3 is 0 Å². The van der Waals surface area contributed by atoms with E-state index >= 15 is 0 Å². The Bertz CT molecular complexity index is 1040. The molecule has 0 spiro atoms. The van der Waals surface area contributed by atoms with Gasteiger partial charge in [-0.1, -0.05) is 80.2 Å². The fourth-order valence-corrected chi connectivity index (χ4v) is 4.43. The van der Waals surface area contributed by atoms with E-state index in [-0.39, 0.29) is 5.78 Å². The third kappa shape index (κ3) is 4.10. The summed E-state index contributed by atoms with van der Waals surface area (Å²) in [7, 11) is 0. The molecule has 0 saturated carbocycles. The molecule has 0 unspecified atom stereocenters. The van der Waals surface area contributed by atoms with Crippen LogP contribution < -0.4 is 0 Å². The van der Waals surface area contributed by atoms with Crippen molar-refractivity contribution in [3.05, 3.63) is 89.5 Å². The summed E-state index contributed by atoms with van der Waals surface area (Å²) in [5.74, 6) is 0.641. The van der Waals surface area contributed by atoms with Gasteiger partial charge in [0.1, 0.15) is 0 Å². The molecule has 3 aromatic rings. The molecule has 0 N–H and O–H groups in total. The van der Waals surface area contributed by atoms with Gasteiger partial charge in [0.2, 0.25) is 0 Å². The highest BCUT2D eigenvalue weighted by Crippen LogP contribution is 2.41. The lowest BCUT2D eigenvalue weighted by Gasteiger charge is -2.10. The van der Waals surface area contributed by atoms with Crippen LogP contribution in [0.2, 0.25) is 0 Å². The Morgan fingerprint density at radius 1 is 0.929 bits per heavy atom. The number of hydrogen-bond acceptors (Lipinski definition) is 3. The van der Waals surface area contributed by atoms with Crippen molar-refractivity contribution < 1.29 is 4.79 Å². The second-order valence-electron chi connectivity index (χ2n) is 7.52. The van der Waals surface area contributed by atoms with Crippen molar-refractivity contribution in [2.45, 2.75) is 36.5 Å². The van der Waals surface area contributed by atoms with Crippen molar-refractivity contribution in [3.8, 4) is 0 Å². The highest BCUT2D eigenvalue weighted by atomic mass is 32.2. The average Bonchev–Trinajstić information content (AvgIpc) is 2.84. The Balaban J connectivity index is 1.71. The van der Waals surface area contributed by atoms with Gasteiger partial charge in [0.05, 0.1) is 5.69 Å². The maximum atomic E-state index is 12.8. The summed E-state index contributed by atoms with van der Waals surface area (Å²) in [6.45, 7) is 4.42.